The fourth-order valence-electron chi connectivity index (χ4n) is 1.76. The molecule has 2 aromatic rings. The highest BCUT2D eigenvalue weighted by molar-refractivity contribution is 5.50. The molecule has 94 valence electrons. The monoisotopic (exact) mass is 246 g/mol. The Bertz CT molecular complexity index is 545. The van der Waals surface area contributed by atoms with E-state index < -0.39 is 0 Å². The first-order valence-corrected chi connectivity index (χ1v) is 6.54. The van der Waals surface area contributed by atoms with E-state index in [9.17, 15) is 0 Å². The van der Waals surface area contributed by atoms with Gasteiger partial charge in [-0.05, 0) is 17.5 Å². The number of hydrogen-bond acceptors (Lipinski definition) is 0. The Kier molecular flexibility index (Phi) is 5.44. The fraction of sp³-hybridized carbons (Fsp3) is 0.0526. The zero-order valence-corrected chi connectivity index (χ0v) is 10.9. The lowest BCUT2D eigenvalue weighted by Crippen LogP contribution is -1.77. The van der Waals surface area contributed by atoms with E-state index >= 15 is 0 Å². The summed E-state index contributed by atoms with van der Waals surface area (Å²) in [5.41, 5.74) is 2.56. The standard InChI is InChI=1S/C19H18/c1(2-6-12-18-14-8-4-9-15-18)3-7-13-19-16-10-5-11-17-19/h1-12,14-17H,13H2. The summed E-state index contributed by atoms with van der Waals surface area (Å²) in [6.45, 7) is 0. The number of benzene rings is 2. The quantitative estimate of drug-likeness (QED) is 0.647. The molecule has 2 rings (SSSR count). The zero-order chi connectivity index (χ0) is 13.2. The third-order valence-electron chi connectivity index (χ3n) is 2.75. The van der Waals surface area contributed by atoms with Crippen molar-refractivity contribution >= 4 is 6.08 Å². The van der Waals surface area contributed by atoms with Crippen LogP contribution < -0.4 is 0 Å². The second kappa shape index (κ2) is 7.88. The third-order valence-corrected chi connectivity index (χ3v) is 2.75. The van der Waals surface area contributed by atoms with Crippen molar-refractivity contribution in [3.05, 3.63) is 102 Å². The molecule has 0 fully saturated rings. The first kappa shape index (κ1) is 13.1. The molecule has 0 nitrogen and oxygen atoms in total. The van der Waals surface area contributed by atoms with Gasteiger partial charge < -0.3 is 0 Å². The maximum atomic E-state index is 2.17. The van der Waals surface area contributed by atoms with Crippen molar-refractivity contribution < 1.29 is 0 Å². The minimum Gasteiger partial charge on any atom is -0.0801 e. The van der Waals surface area contributed by atoms with Crippen molar-refractivity contribution in [2.45, 2.75) is 6.42 Å². The number of rotatable bonds is 5. The van der Waals surface area contributed by atoms with Gasteiger partial charge in [0.05, 0.1) is 0 Å². The molecule has 0 amide bonds. The highest BCUT2D eigenvalue weighted by Crippen LogP contribution is 2.01. The van der Waals surface area contributed by atoms with Crippen LogP contribution in [-0.4, -0.2) is 0 Å². The molecular weight excluding hydrogens is 228 g/mol. The van der Waals surface area contributed by atoms with Crippen LogP contribution in [0.15, 0.2) is 91.0 Å². The van der Waals surface area contributed by atoms with Crippen molar-refractivity contribution in [3.63, 3.8) is 0 Å². The Balaban J connectivity index is 1.76. The molecule has 0 aromatic heterocycles. The fourth-order valence-corrected chi connectivity index (χ4v) is 1.76. The predicted octanol–water partition coefficient (Wildman–Crippen LogP) is 5.05. The Labute approximate surface area is 115 Å². The molecule has 0 heteroatoms. The van der Waals surface area contributed by atoms with Crippen molar-refractivity contribution in [3.8, 4) is 0 Å². The average Bonchev–Trinajstić information content (AvgIpc) is 2.48. The molecule has 0 aliphatic heterocycles. The van der Waals surface area contributed by atoms with Crippen LogP contribution in [0.5, 0.6) is 0 Å². The van der Waals surface area contributed by atoms with Crippen LogP contribution in [0.1, 0.15) is 11.1 Å². The molecule has 0 aliphatic rings. The van der Waals surface area contributed by atoms with Crippen molar-refractivity contribution in [2.75, 3.05) is 0 Å². The van der Waals surface area contributed by atoms with Gasteiger partial charge in [-0.15, -0.1) is 0 Å². The van der Waals surface area contributed by atoms with Crippen LogP contribution in [0.3, 0.4) is 0 Å². The van der Waals surface area contributed by atoms with E-state index in [1.807, 2.05) is 24.3 Å². The van der Waals surface area contributed by atoms with Crippen LogP contribution in [0.4, 0.5) is 0 Å². The zero-order valence-electron chi connectivity index (χ0n) is 10.9. The molecular formula is C19H18. The number of hydrogen-bond donors (Lipinski definition) is 0. The largest absolute Gasteiger partial charge is 0.0801 e. The summed E-state index contributed by atoms with van der Waals surface area (Å²) >= 11 is 0. The van der Waals surface area contributed by atoms with E-state index in [0.717, 1.165) is 6.42 Å². The minimum atomic E-state index is 0.980. The smallest absolute Gasteiger partial charge is 0.00943 e. The predicted molar refractivity (Wildman–Crippen MR) is 83.9 cm³/mol. The van der Waals surface area contributed by atoms with E-state index in [0.29, 0.717) is 0 Å². The summed E-state index contributed by atoms with van der Waals surface area (Å²) < 4.78 is 0. The Morgan fingerprint density at radius 3 is 2.00 bits per heavy atom. The minimum absolute atomic E-state index is 0.980. The van der Waals surface area contributed by atoms with Gasteiger partial charge in [0.1, 0.15) is 0 Å². The Hall–Kier alpha value is -2.34. The molecule has 0 heterocycles. The molecule has 0 bridgehead atoms. The van der Waals surface area contributed by atoms with Crippen LogP contribution in [0, 0.1) is 0 Å². The van der Waals surface area contributed by atoms with Crippen molar-refractivity contribution in [1.82, 2.24) is 0 Å². The third kappa shape index (κ3) is 5.22. The summed E-state index contributed by atoms with van der Waals surface area (Å²) in [6.07, 6.45) is 13.5. The second-order valence-corrected chi connectivity index (χ2v) is 4.27. The lowest BCUT2D eigenvalue weighted by Gasteiger charge is -1.92. The van der Waals surface area contributed by atoms with E-state index in [-0.39, 0.29) is 0 Å². The van der Waals surface area contributed by atoms with Gasteiger partial charge in [0.25, 0.3) is 0 Å². The SMILES string of the molecule is C(=CC=Cc1ccccc1)C=CCc1ccccc1. The van der Waals surface area contributed by atoms with E-state index in [1.54, 1.807) is 0 Å². The van der Waals surface area contributed by atoms with E-state index in [2.05, 4.69) is 72.9 Å². The van der Waals surface area contributed by atoms with Crippen LogP contribution in [0.25, 0.3) is 6.08 Å². The highest BCUT2D eigenvalue weighted by Gasteiger charge is 1.84. The van der Waals surface area contributed by atoms with Crippen molar-refractivity contribution in [2.24, 2.45) is 0 Å². The summed E-state index contributed by atoms with van der Waals surface area (Å²) in [5, 5.41) is 0. The topological polar surface area (TPSA) is 0 Å². The Morgan fingerprint density at radius 1 is 0.632 bits per heavy atom. The van der Waals surface area contributed by atoms with Gasteiger partial charge >= 0.3 is 0 Å². The molecule has 0 spiro atoms. The van der Waals surface area contributed by atoms with Gasteiger partial charge in [0, 0.05) is 0 Å². The van der Waals surface area contributed by atoms with Gasteiger partial charge in [0.2, 0.25) is 0 Å². The maximum absolute atomic E-state index is 2.17. The van der Waals surface area contributed by atoms with Crippen molar-refractivity contribution in [1.29, 1.82) is 0 Å². The summed E-state index contributed by atoms with van der Waals surface area (Å²) in [6, 6.07) is 20.8. The molecule has 0 saturated heterocycles. The highest BCUT2D eigenvalue weighted by atomic mass is 13.9. The molecule has 0 radical (unpaired) electrons. The second-order valence-electron chi connectivity index (χ2n) is 4.27. The summed E-state index contributed by atoms with van der Waals surface area (Å²) in [7, 11) is 0. The molecule has 0 saturated carbocycles. The average molecular weight is 246 g/mol. The van der Waals surface area contributed by atoms with E-state index in [1.165, 1.54) is 11.1 Å². The normalized spacial score (nSPS) is 11.8. The lowest BCUT2D eigenvalue weighted by molar-refractivity contribution is 1.27. The van der Waals surface area contributed by atoms with Gasteiger partial charge in [-0.25, -0.2) is 0 Å². The number of allylic oxidation sites excluding steroid dienone is 5. The van der Waals surface area contributed by atoms with E-state index in [4.69, 9.17) is 0 Å². The first-order chi connectivity index (χ1) is 9.45. The lowest BCUT2D eigenvalue weighted by atomic mass is 10.1. The molecule has 0 unspecified atom stereocenters. The van der Waals surface area contributed by atoms with Gasteiger partial charge in [-0.2, -0.15) is 0 Å². The van der Waals surface area contributed by atoms with Crippen LogP contribution in [0.2, 0.25) is 0 Å². The summed E-state index contributed by atoms with van der Waals surface area (Å²) in [4.78, 5) is 0. The molecule has 2 aromatic carbocycles. The molecule has 19 heavy (non-hydrogen) atoms. The van der Waals surface area contributed by atoms with Crippen LogP contribution >= 0.6 is 0 Å². The maximum Gasteiger partial charge on any atom is -0.00943 e. The Morgan fingerprint density at radius 2 is 1.26 bits per heavy atom. The van der Waals surface area contributed by atoms with Gasteiger partial charge in [-0.1, -0.05) is 97.1 Å². The van der Waals surface area contributed by atoms with Crippen LogP contribution in [-0.2, 0) is 6.42 Å². The van der Waals surface area contributed by atoms with Gasteiger partial charge in [-0.3, -0.25) is 0 Å². The summed E-state index contributed by atoms with van der Waals surface area (Å²) in [5.74, 6) is 0. The molecule has 0 N–H and O–H groups in total. The first-order valence-electron chi connectivity index (χ1n) is 6.54. The van der Waals surface area contributed by atoms with Gasteiger partial charge in [0.15, 0.2) is 0 Å². The molecule has 0 atom stereocenters. The molecule has 0 aliphatic carbocycles.